The molecule has 2 amide bonds. The van der Waals surface area contributed by atoms with Crippen LogP contribution in [0.5, 0.6) is 5.75 Å². The number of rotatable bonds is 6. The number of benzene rings is 1. The molecule has 0 aromatic heterocycles. The number of nitrogens with zero attached hydrogens (tertiary/aromatic N) is 3. The van der Waals surface area contributed by atoms with E-state index >= 15 is 0 Å². The molecule has 0 bridgehead atoms. The van der Waals surface area contributed by atoms with Crippen LogP contribution in [0.4, 0.5) is 5.69 Å². The summed E-state index contributed by atoms with van der Waals surface area (Å²) in [5.74, 6) is 0.210. The second kappa shape index (κ2) is 7.52. The Morgan fingerprint density at radius 2 is 1.96 bits per heavy atom. The molecule has 1 aromatic carbocycles. The summed E-state index contributed by atoms with van der Waals surface area (Å²) in [5.41, 5.74) is 0.372. The largest absolute Gasteiger partial charge is 0.497 e. The highest BCUT2D eigenvalue weighted by Crippen LogP contribution is 2.23. The summed E-state index contributed by atoms with van der Waals surface area (Å²) >= 11 is 0. The van der Waals surface area contributed by atoms with Crippen LogP contribution in [0.25, 0.3) is 0 Å². The zero-order valence-corrected chi connectivity index (χ0v) is 14.5. The van der Waals surface area contributed by atoms with Crippen LogP contribution in [0.3, 0.4) is 0 Å². The third-order valence-corrected chi connectivity index (χ3v) is 4.98. The lowest BCUT2D eigenvalue weighted by Crippen LogP contribution is -2.51. The molecule has 0 aliphatic carbocycles. The summed E-state index contributed by atoms with van der Waals surface area (Å²) in [4.78, 5) is 26.3. The van der Waals surface area contributed by atoms with Crippen molar-refractivity contribution in [1.29, 1.82) is 0 Å². The SMILES string of the molecule is COc1cccc(N(CC(=O)N2CCN(C=O)CC2)S(C)(=O)=O)c1. The summed E-state index contributed by atoms with van der Waals surface area (Å²) in [5, 5.41) is 0. The van der Waals surface area contributed by atoms with Gasteiger partial charge in [0.25, 0.3) is 0 Å². The number of hydrogen-bond acceptors (Lipinski definition) is 5. The van der Waals surface area contributed by atoms with E-state index in [1.807, 2.05) is 0 Å². The van der Waals surface area contributed by atoms with Gasteiger partial charge in [0.1, 0.15) is 12.3 Å². The highest BCUT2D eigenvalue weighted by atomic mass is 32.2. The van der Waals surface area contributed by atoms with Crippen molar-refractivity contribution in [3.8, 4) is 5.75 Å². The number of anilines is 1. The van der Waals surface area contributed by atoms with Crippen molar-refractivity contribution in [3.63, 3.8) is 0 Å². The first kappa shape index (κ1) is 18.1. The van der Waals surface area contributed by atoms with Crippen LogP contribution in [0.2, 0.25) is 0 Å². The maximum atomic E-state index is 12.5. The van der Waals surface area contributed by atoms with E-state index in [2.05, 4.69) is 0 Å². The molecule has 24 heavy (non-hydrogen) atoms. The second-order valence-corrected chi connectivity index (χ2v) is 7.40. The zero-order chi connectivity index (χ0) is 17.7. The lowest BCUT2D eigenvalue weighted by atomic mass is 10.3. The van der Waals surface area contributed by atoms with E-state index < -0.39 is 10.0 Å². The smallest absolute Gasteiger partial charge is 0.243 e. The lowest BCUT2D eigenvalue weighted by Gasteiger charge is -2.34. The lowest BCUT2D eigenvalue weighted by molar-refractivity contribution is -0.133. The van der Waals surface area contributed by atoms with Crippen molar-refractivity contribution in [2.45, 2.75) is 0 Å². The molecule has 1 aromatic rings. The molecule has 2 rings (SSSR count). The zero-order valence-electron chi connectivity index (χ0n) is 13.7. The van der Waals surface area contributed by atoms with Crippen molar-refractivity contribution >= 4 is 28.0 Å². The topological polar surface area (TPSA) is 87.2 Å². The Labute approximate surface area is 141 Å². The Hall–Kier alpha value is -2.29. The highest BCUT2D eigenvalue weighted by molar-refractivity contribution is 7.92. The fourth-order valence-electron chi connectivity index (χ4n) is 2.47. The van der Waals surface area contributed by atoms with Gasteiger partial charge in [0.05, 0.1) is 19.1 Å². The molecule has 0 radical (unpaired) electrons. The predicted octanol–water partition coefficient (Wildman–Crippen LogP) is -0.238. The molecule has 1 heterocycles. The summed E-state index contributed by atoms with van der Waals surface area (Å²) in [6.45, 7) is 1.41. The van der Waals surface area contributed by atoms with Crippen LogP contribution in [0, 0.1) is 0 Å². The fourth-order valence-corrected chi connectivity index (χ4v) is 3.31. The van der Waals surface area contributed by atoms with Gasteiger partial charge in [0.15, 0.2) is 0 Å². The Morgan fingerprint density at radius 3 is 2.50 bits per heavy atom. The van der Waals surface area contributed by atoms with Gasteiger partial charge in [0.2, 0.25) is 22.3 Å². The first-order chi connectivity index (χ1) is 11.3. The van der Waals surface area contributed by atoms with Gasteiger partial charge in [-0.1, -0.05) is 6.07 Å². The molecule has 1 fully saturated rings. The molecule has 8 nitrogen and oxygen atoms in total. The third kappa shape index (κ3) is 4.38. The van der Waals surface area contributed by atoms with Gasteiger partial charge in [-0.2, -0.15) is 0 Å². The maximum absolute atomic E-state index is 12.5. The van der Waals surface area contributed by atoms with E-state index in [0.717, 1.165) is 17.0 Å². The van der Waals surface area contributed by atoms with Crippen LogP contribution in [-0.4, -0.2) is 76.6 Å². The van der Waals surface area contributed by atoms with Gasteiger partial charge in [-0.25, -0.2) is 8.42 Å². The van der Waals surface area contributed by atoms with Gasteiger partial charge in [-0.15, -0.1) is 0 Å². The molecule has 1 aliphatic rings. The Balaban J connectivity index is 2.15. The molecule has 0 spiro atoms. The van der Waals surface area contributed by atoms with Crippen LogP contribution in [0.15, 0.2) is 24.3 Å². The van der Waals surface area contributed by atoms with E-state index in [4.69, 9.17) is 4.74 Å². The summed E-state index contributed by atoms with van der Waals surface area (Å²) in [6.07, 6.45) is 1.81. The standard InChI is InChI=1S/C15H21N3O5S/c1-23-14-5-3-4-13(10-14)18(24(2,21)22)11-15(20)17-8-6-16(12-19)7-9-17/h3-5,10,12H,6-9,11H2,1-2H3. The summed E-state index contributed by atoms with van der Waals surface area (Å²) in [7, 11) is -2.14. The molecular formula is C15H21N3O5S. The second-order valence-electron chi connectivity index (χ2n) is 5.49. The fraction of sp³-hybridized carbons (Fsp3) is 0.467. The minimum absolute atomic E-state index is 0.285. The first-order valence-corrected chi connectivity index (χ1v) is 9.29. The van der Waals surface area contributed by atoms with Crippen molar-refractivity contribution in [2.75, 3.05) is 50.4 Å². The van der Waals surface area contributed by atoms with Gasteiger partial charge >= 0.3 is 0 Å². The summed E-state index contributed by atoms with van der Waals surface area (Å²) in [6, 6.07) is 6.55. The van der Waals surface area contributed by atoms with Crippen LogP contribution < -0.4 is 9.04 Å². The van der Waals surface area contributed by atoms with E-state index in [9.17, 15) is 18.0 Å². The van der Waals surface area contributed by atoms with E-state index in [1.165, 1.54) is 7.11 Å². The average Bonchev–Trinajstić information content (AvgIpc) is 2.58. The molecule has 0 N–H and O–H groups in total. The minimum atomic E-state index is -3.63. The van der Waals surface area contributed by atoms with Gasteiger partial charge in [-0.3, -0.25) is 13.9 Å². The number of amides is 2. The molecule has 132 valence electrons. The molecule has 0 atom stereocenters. The minimum Gasteiger partial charge on any atom is -0.497 e. The molecule has 9 heteroatoms. The number of sulfonamides is 1. The van der Waals surface area contributed by atoms with Gasteiger partial charge in [0, 0.05) is 32.2 Å². The predicted molar refractivity (Wildman–Crippen MR) is 89.4 cm³/mol. The Kier molecular flexibility index (Phi) is 5.66. The van der Waals surface area contributed by atoms with Crippen LogP contribution in [0.1, 0.15) is 0 Å². The quantitative estimate of drug-likeness (QED) is 0.658. The normalized spacial score (nSPS) is 15.1. The van der Waals surface area contributed by atoms with Crippen molar-refractivity contribution in [3.05, 3.63) is 24.3 Å². The summed E-state index contributed by atoms with van der Waals surface area (Å²) < 4.78 is 30.4. The monoisotopic (exact) mass is 355 g/mol. The number of hydrogen-bond donors (Lipinski definition) is 0. The maximum Gasteiger partial charge on any atom is 0.243 e. The van der Waals surface area contributed by atoms with Crippen LogP contribution >= 0.6 is 0 Å². The number of carbonyl (C=O) groups is 2. The van der Waals surface area contributed by atoms with Crippen molar-refractivity contribution < 1.29 is 22.7 Å². The van der Waals surface area contributed by atoms with Crippen molar-refractivity contribution in [1.82, 2.24) is 9.80 Å². The highest BCUT2D eigenvalue weighted by Gasteiger charge is 2.26. The molecule has 1 aliphatic heterocycles. The van der Waals surface area contributed by atoms with Crippen molar-refractivity contribution in [2.24, 2.45) is 0 Å². The van der Waals surface area contributed by atoms with Crippen LogP contribution in [-0.2, 0) is 19.6 Å². The Bertz CT molecular complexity index is 699. The molecule has 0 unspecified atom stereocenters. The Morgan fingerprint density at radius 1 is 1.29 bits per heavy atom. The first-order valence-electron chi connectivity index (χ1n) is 7.44. The van der Waals surface area contributed by atoms with E-state index in [-0.39, 0.29) is 12.5 Å². The van der Waals surface area contributed by atoms with E-state index in [0.29, 0.717) is 37.6 Å². The number of ether oxygens (including phenoxy) is 1. The molecular weight excluding hydrogens is 334 g/mol. The molecule has 1 saturated heterocycles. The molecule has 0 saturated carbocycles. The number of carbonyl (C=O) groups excluding carboxylic acids is 2. The number of methoxy groups -OCH3 is 1. The third-order valence-electron chi connectivity index (χ3n) is 3.84. The van der Waals surface area contributed by atoms with E-state index in [1.54, 1.807) is 34.1 Å². The van der Waals surface area contributed by atoms with Gasteiger partial charge < -0.3 is 14.5 Å². The van der Waals surface area contributed by atoms with Gasteiger partial charge in [-0.05, 0) is 12.1 Å². The average molecular weight is 355 g/mol. The number of piperazine rings is 1.